The highest BCUT2D eigenvalue weighted by Crippen LogP contribution is 1.97. The van der Waals surface area contributed by atoms with Crippen LogP contribution < -0.4 is 10.6 Å². The molecule has 0 aliphatic carbocycles. The van der Waals surface area contributed by atoms with Crippen molar-refractivity contribution in [3.05, 3.63) is 0 Å². The minimum absolute atomic E-state index is 0.800. The molecule has 0 saturated heterocycles. The van der Waals surface area contributed by atoms with Gasteiger partial charge < -0.3 is 10.6 Å². The molecule has 0 aromatic carbocycles. The van der Waals surface area contributed by atoms with E-state index in [1.165, 1.54) is 32.4 Å². The highest BCUT2D eigenvalue weighted by Gasteiger charge is 1.99. The molecule has 0 rings (SSSR count). The Bertz CT molecular complexity index is 83.9. The first-order valence-electron chi connectivity index (χ1n) is 5.16. The fraction of sp³-hybridized carbons (Fsp3) is 1.00. The average Bonchev–Trinajstić information content (AvgIpc) is 2.09. The number of rotatable bonds is 8. The van der Waals surface area contributed by atoms with Gasteiger partial charge >= 0.3 is 0 Å². The zero-order chi connectivity index (χ0) is 9.23. The van der Waals surface area contributed by atoms with Crippen LogP contribution >= 0.6 is 0 Å². The first-order chi connectivity index (χ1) is 5.81. The van der Waals surface area contributed by atoms with E-state index < -0.39 is 0 Å². The summed E-state index contributed by atoms with van der Waals surface area (Å²) >= 11 is 0. The molecule has 1 atom stereocenters. The monoisotopic (exact) mass is 172 g/mol. The van der Waals surface area contributed by atoms with E-state index >= 15 is 0 Å². The first kappa shape index (κ1) is 11.9. The van der Waals surface area contributed by atoms with Gasteiger partial charge in [0, 0.05) is 0 Å². The highest BCUT2D eigenvalue weighted by atomic mass is 14.9. The molecule has 2 heteroatoms. The minimum Gasteiger partial charge on any atom is -0.320 e. The maximum absolute atomic E-state index is 3.47. The van der Waals surface area contributed by atoms with Gasteiger partial charge in [-0.25, -0.2) is 0 Å². The van der Waals surface area contributed by atoms with Gasteiger partial charge in [0.15, 0.2) is 0 Å². The highest BCUT2D eigenvalue weighted by molar-refractivity contribution is 4.57. The molecule has 0 heterocycles. The van der Waals surface area contributed by atoms with E-state index in [0.717, 1.165) is 12.5 Å². The summed E-state index contributed by atoms with van der Waals surface area (Å²) in [5, 5.41) is 6.64. The lowest BCUT2D eigenvalue weighted by molar-refractivity contribution is 0.469. The summed E-state index contributed by atoms with van der Waals surface area (Å²) in [6.45, 7) is 8.01. The summed E-state index contributed by atoms with van der Waals surface area (Å²) < 4.78 is 0. The van der Waals surface area contributed by atoms with E-state index in [1.807, 2.05) is 7.05 Å². The van der Waals surface area contributed by atoms with Crippen LogP contribution in [0.4, 0.5) is 0 Å². The molecular weight excluding hydrogens is 148 g/mol. The van der Waals surface area contributed by atoms with Crippen molar-refractivity contribution >= 4 is 0 Å². The predicted molar refractivity (Wildman–Crippen MR) is 55.5 cm³/mol. The minimum atomic E-state index is 0.800. The first-order valence-corrected chi connectivity index (χ1v) is 5.16. The SMILES string of the molecule is CCCCNCC(C)CCNC. The lowest BCUT2D eigenvalue weighted by Crippen LogP contribution is -2.24. The topological polar surface area (TPSA) is 24.1 Å². The molecule has 1 unspecified atom stereocenters. The van der Waals surface area contributed by atoms with E-state index in [2.05, 4.69) is 24.5 Å². The van der Waals surface area contributed by atoms with Crippen LogP contribution in [0, 0.1) is 5.92 Å². The van der Waals surface area contributed by atoms with Crippen LogP contribution in [0.2, 0.25) is 0 Å². The fourth-order valence-corrected chi connectivity index (χ4v) is 1.14. The fourth-order valence-electron chi connectivity index (χ4n) is 1.14. The van der Waals surface area contributed by atoms with Crippen LogP contribution in [0.25, 0.3) is 0 Å². The second-order valence-corrected chi connectivity index (χ2v) is 3.56. The Morgan fingerprint density at radius 2 is 2.00 bits per heavy atom. The molecule has 74 valence electrons. The summed E-state index contributed by atoms with van der Waals surface area (Å²) in [5.41, 5.74) is 0. The summed E-state index contributed by atoms with van der Waals surface area (Å²) in [5.74, 6) is 0.800. The van der Waals surface area contributed by atoms with Crippen molar-refractivity contribution in [2.24, 2.45) is 5.92 Å². The van der Waals surface area contributed by atoms with Crippen molar-refractivity contribution in [1.82, 2.24) is 10.6 Å². The summed E-state index contributed by atoms with van der Waals surface area (Å²) in [6.07, 6.45) is 3.87. The Balaban J connectivity index is 3.02. The lowest BCUT2D eigenvalue weighted by atomic mass is 10.1. The molecule has 0 spiro atoms. The van der Waals surface area contributed by atoms with Crippen LogP contribution in [0.1, 0.15) is 33.1 Å². The number of hydrogen-bond donors (Lipinski definition) is 2. The molecule has 0 bridgehead atoms. The summed E-state index contributed by atoms with van der Waals surface area (Å²) in [7, 11) is 2.01. The molecule has 2 N–H and O–H groups in total. The summed E-state index contributed by atoms with van der Waals surface area (Å²) in [4.78, 5) is 0. The van der Waals surface area contributed by atoms with Crippen LogP contribution in [-0.4, -0.2) is 26.7 Å². The Morgan fingerprint density at radius 1 is 1.25 bits per heavy atom. The number of unbranched alkanes of at least 4 members (excludes halogenated alkanes) is 1. The van der Waals surface area contributed by atoms with Gasteiger partial charge in [0.25, 0.3) is 0 Å². The van der Waals surface area contributed by atoms with E-state index in [4.69, 9.17) is 0 Å². The van der Waals surface area contributed by atoms with Crippen LogP contribution in [0.3, 0.4) is 0 Å². The maximum atomic E-state index is 3.47. The third-order valence-electron chi connectivity index (χ3n) is 2.09. The molecular formula is C10H24N2. The Hall–Kier alpha value is -0.0800. The molecule has 0 aliphatic heterocycles. The van der Waals surface area contributed by atoms with Gasteiger partial charge in [-0.05, 0) is 45.4 Å². The molecule has 0 radical (unpaired) electrons. The Labute approximate surface area is 77.1 Å². The van der Waals surface area contributed by atoms with Crippen molar-refractivity contribution in [3.63, 3.8) is 0 Å². The standard InChI is InChI=1S/C10H24N2/c1-4-5-7-12-9-10(2)6-8-11-3/h10-12H,4-9H2,1-3H3. The van der Waals surface area contributed by atoms with Crippen LogP contribution in [0.15, 0.2) is 0 Å². The maximum Gasteiger partial charge on any atom is -0.00227 e. The van der Waals surface area contributed by atoms with Crippen molar-refractivity contribution in [2.75, 3.05) is 26.7 Å². The number of hydrogen-bond acceptors (Lipinski definition) is 2. The zero-order valence-electron chi connectivity index (χ0n) is 8.82. The second kappa shape index (κ2) is 9.01. The second-order valence-electron chi connectivity index (χ2n) is 3.56. The third-order valence-corrected chi connectivity index (χ3v) is 2.09. The lowest BCUT2D eigenvalue weighted by Gasteiger charge is -2.11. The normalized spacial score (nSPS) is 13.2. The van der Waals surface area contributed by atoms with Crippen molar-refractivity contribution in [1.29, 1.82) is 0 Å². The molecule has 0 aromatic heterocycles. The quantitative estimate of drug-likeness (QED) is 0.544. The molecule has 0 amide bonds. The molecule has 0 aliphatic rings. The van der Waals surface area contributed by atoms with Gasteiger partial charge in [-0.2, -0.15) is 0 Å². The molecule has 0 aromatic rings. The summed E-state index contributed by atoms with van der Waals surface area (Å²) in [6, 6.07) is 0. The predicted octanol–water partition coefficient (Wildman–Crippen LogP) is 1.62. The Kier molecular flexibility index (Phi) is 8.95. The molecule has 0 saturated carbocycles. The molecule has 12 heavy (non-hydrogen) atoms. The van der Waals surface area contributed by atoms with Gasteiger partial charge in [-0.15, -0.1) is 0 Å². The van der Waals surface area contributed by atoms with Gasteiger partial charge in [0.05, 0.1) is 0 Å². The van der Waals surface area contributed by atoms with Gasteiger partial charge in [0.2, 0.25) is 0 Å². The van der Waals surface area contributed by atoms with Crippen molar-refractivity contribution in [2.45, 2.75) is 33.1 Å². The van der Waals surface area contributed by atoms with Gasteiger partial charge in [-0.3, -0.25) is 0 Å². The van der Waals surface area contributed by atoms with Crippen molar-refractivity contribution in [3.8, 4) is 0 Å². The van der Waals surface area contributed by atoms with Crippen molar-refractivity contribution < 1.29 is 0 Å². The molecule has 0 fully saturated rings. The van der Waals surface area contributed by atoms with E-state index in [1.54, 1.807) is 0 Å². The van der Waals surface area contributed by atoms with Gasteiger partial charge in [-0.1, -0.05) is 20.3 Å². The average molecular weight is 172 g/mol. The van der Waals surface area contributed by atoms with E-state index in [9.17, 15) is 0 Å². The largest absolute Gasteiger partial charge is 0.320 e. The van der Waals surface area contributed by atoms with Gasteiger partial charge in [0.1, 0.15) is 0 Å². The molecule has 2 nitrogen and oxygen atoms in total. The third kappa shape index (κ3) is 8.02. The number of nitrogens with one attached hydrogen (secondary N) is 2. The van der Waals surface area contributed by atoms with E-state index in [0.29, 0.717) is 0 Å². The zero-order valence-corrected chi connectivity index (χ0v) is 8.82. The smallest absolute Gasteiger partial charge is 0.00227 e. The van der Waals surface area contributed by atoms with Crippen LogP contribution in [-0.2, 0) is 0 Å². The Morgan fingerprint density at radius 3 is 2.58 bits per heavy atom. The van der Waals surface area contributed by atoms with E-state index in [-0.39, 0.29) is 0 Å². The van der Waals surface area contributed by atoms with Crippen LogP contribution in [0.5, 0.6) is 0 Å².